The Bertz CT molecular complexity index is 920. The lowest BCUT2D eigenvalue weighted by molar-refractivity contribution is -0.140. The van der Waals surface area contributed by atoms with Gasteiger partial charge in [0.05, 0.1) is 0 Å². The van der Waals surface area contributed by atoms with Crippen LogP contribution in [0.2, 0.25) is 0 Å². The maximum Gasteiger partial charge on any atom is 0.435 e. The second-order valence-corrected chi connectivity index (χ2v) is 6.52. The minimum Gasteiger partial charge on any atom is -0.321 e. The molecule has 134 valence electrons. The standard InChI is InChI=1S/C19H15F3N2OS/c1-2-12-8-6-7-11-14(12)23-17(25)15-16(19(20,21)22)24-18(26-15)13-9-4-3-5-10-13/h3-11H,2H2,1H3,(H,23,25). The molecule has 26 heavy (non-hydrogen) atoms. The first-order valence-corrected chi connectivity index (χ1v) is 8.74. The Morgan fingerprint density at radius 3 is 2.38 bits per heavy atom. The largest absolute Gasteiger partial charge is 0.435 e. The fourth-order valence-electron chi connectivity index (χ4n) is 2.50. The van der Waals surface area contributed by atoms with Crippen LogP contribution in [0.3, 0.4) is 0 Å². The maximum atomic E-state index is 13.4. The zero-order chi connectivity index (χ0) is 18.7. The highest BCUT2D eigenvalue weighted by atomic mass is 32.1. The summed E-state index contributed by atoms with van der Waals surface area (Å²) in [6.07, 6.45) is -4.05. The number of rotatable bonds is 4. The number of hydrogen-bond donors (Lipinski definition) is 1. The number of amides is 1. The first-order valence-electron chi connectivity index (χ1n) is 7.93. The number of nitrogens with one attached hydrogen (secondary N) is 1. The van der Waals surface area contributed by atoms with Crippen LogP contribution in [0.5, 0.6) is 0 Å². The molecular weight excluding hydrogens is 361 g/mol. The SMILES string of the molecule is CCc1ccccc1NC(=O)c1sc(-c2ccccc2)nc1C(F)(F)F. The van der Waals surface area contributed by atoms with Crippen LogP contribution < -0.4 is 5.32 Å². The summed E-state index contributed by atoms with van der Waals surface area (Å²) in [7, 11) is 0. The number of benzene rings is 2. The van der Waals surface area contributed by atoms with Gasteiger partial charge in [-0.1, -0.05) is 55.5 Å². The molecule has 1 amide bonds. The number of halogens is 3. The molecule has 0 radical (unpaired) electrons. The summed E-state index contributed by atoms with van der Waals surface area (Å²) in [5, 5.41) is 2.75. The number of aryl methyl sites for hydroxylation is 1. The van der Waals surface area contributed by atoms with Crippen molar-refractivity contribution < 1.29 is 18.0 Å². The van der Waals surface area contributed by atoms with E-state index in [0.29, 0.717) is 17.7 Å². The number of hydrogen-bond acceptors (Lipinski definition) is 3. The van der Waals surface area contributed by atoms with Crippen molar-refractivity contribution in [3.63, 3.8) is 0 Å². The van der Waals surface area contributed by atoms with E-state index in [2.05, 4.69) is 10.3 Å². The van der Waals surface area contributed by atoms with Crippen LogP contribution >= 0.6 is 11.3 Å². The zero-order valence-corrected chi connectivity index (χ0v) is 14.6. The quantitative estimate of drug-likeness (QED) is 0.640. The monoisotopic (exact) mass is 376 g/mol. The fourth-order valence-corrected chi connectivity index (χ4v) is 3.49. The smallest absolute Gasteiger partial charge is 0.321 e. The highest BCUT2D eigenvalue weighted by Crippen LogP contribution is 2.38. The topological polar surface area (TPSA) is 42.0 Å². The van der Waals surface area contributed by atoms with E-state index in [1.807, 2.05) is 19.1 Å². The molecule has 0 saturated carbocycles. The summed E-state index contributed by atoms with van der Waals surface area (Å²) in [6, 6.07) is 15.5. The Balaban J connectivity index is 2.00. The molecule has 2 aromatic carbocycles. The van der Waals surface area contributed by atoms with Crippen molar-refractivity contribution in [3.8, 4) is 10.6 Å². The van der Waals surface area contributed by atoms with Crippen LogP contribution in [-0.2, 0) is 12.6 Å². The predicted octanol–water partition coefficient (Wildman–Crippen LogP) is 5.64. The lowest BCUT2D eigenvalue weighted by Gasteiger charge is -2.10. The second kappa shape index (κ2) is 7.29. The Kier molecular flexibility index (Phi) is 5.08. The van der Waals surface area contributed by atoms with Crippen LogP contribution in [0, 0.1) is 0 Å². The molecular formula is C19H15F3N2OS. The van der Waals surface area contributed by atoms with Gasteiger partial charge < -0.3 is 5.32 Å². The van der Waals surface area contributed by atoms with E-state index < -0.39 is 22.7 Å². The predicted molar refractivity (Wildman–Crippen MR) is 96.3 cm³/mol. The zero-order valence-electron chi connectivity index (χ0n) is 13.8. The van der Waals surface area contributed by atoms with Crippen LogP contribution in [0.4, 0.5) is 18.9 Å². The number of carbonyl (C=O) groups excluding carboxylic acids is 1. The molecule has 3 rings (SSSR count). The Hall–Kier alpha value is -2.67. The average molecular weight is 376 g/mol. The van der Waals surface area contributed by atoms with Crippen LogP contribution in [-0.4, -0.2) is 10.9 Å². The molecule has 7 heteroatoms. The van der Waals surface area contributed by atoms with Crippen LogP contribution in [0.1, 0.15) is 27.9 Å². The van der Waals surface area contributed by atoms with Gasteiger partial charge >= 0.3 is 6.18 Å². The first kappa shape index (κ1) is 18.1. The molecule has 0 bridgehead atoms. The molecule has 1 heterocycles. The summed E-state index contributed by atoms with van der Waals surface area (Å²) in [4.78, 5) is 15.8. The summed E-state index contributed by atoms with van der Waals surface area (Å²) in [5.74, 6) is -0.807. The van der Waals surface area contributed by atoms with Gasteiger partial charge in [0.2, 0.25) is 0 Å². The number of thiazole rings is 1. The summed E-state index contributed by atoms with van der Waals surface area (Å²) < 4.78 is 40.2. The Morgan fingerprint density at radius 2 is 1.73 bits per heavy atom. The molecule has 3 nitrogen and oxygen atoms in total. The highest BCUT2D eigenvalue weighted by molar-refractivity contribution is 7.17. The normalized spacial score (nSPS) is 11.4. The van der Waals surface area contributed by atoms with Gasteiger partial charge in [-0.25, -0.2) is 4.98 Å². The van der Waals surface area contributed by atoms with E-state index in [1.165, 1.54) is 0 Å². The van der Waals surface area contributed by atoms with Gasteiger partial charge in [-0.3, -0.25) is 4.79 Å². The maximum absolute atomic E-state index is 13.4. The molecule has 0 saturated heterocycles. The Morgan fingerprint density at radius 1 is 1.08 bits per heavy atom. The number of para-hydroxylation sites is 1. The van der Waals surface area contributed by atoms with Crippen molar-refractivity contribution in [2.24, 2.45) is 0 Å². The van der Waals surface area contributed by atoms with Gasteiger partial charge in [0.1, 0.15) is 9.88 Å². The molecule has 1 aromatic heterocycles. The number of carbonyl (C=O) groups is 1. The summed E-state index contributed by atoms with van der Waals surface area (Å²) in [6.45, 7) is 1.91. The third kappa shape index (κ3) is 3.77. The van der Waals surface area contributed by atoms with E-state index in [1.54, 1.807) is 42.5 Å². The van der Waals surface area contributed by atoms with Gasteiger partial charge in [-0.05, 0) is 18.1 Å². The molecule has 0 spiro atoms. The van der Waals surface area contributed by atoms with Crippen molar-refractivity contribution >= 4 is 22.9 Å². The molecule has 3 aromatic rings. The third-order valence-corrected chi connectivity index (χ3v) is 4.87. The number of alkyl halides is 3. The summed E-state index contributed by atoms with van der Waals surface area (Å²) >= 11 is 0.737. The van der Waals surface area contributed by atoms with Crippen molar-refractivity contribution in [2.45, 2.75) is 19.5 Å². The highest BCUT2D eigenvalue weighted by Gasteiger charge is 2.39. The first-order chi connectivity index (χ1) is 12.4. The van der Waals surface area contributed by atoms with Crippen molar-refractivity contribution in [3.05, 3.63) is 70.7 Å². The molecule has 0 aliphatic carbocycles. The van der Waals surface area contributed by atoms with Gasteiger partial charge in [0, 0.05) is 11.3 Å². The summed E-state index contributed by atoms with van der Waals surface area (Å²) in [5.41, 5.74) is 0.730. The van der Waals surface area contributed by atoms with Gasteiger partial charge in [-0.2, -0.15) is 13.2 Å². The van der Waals surface area contributed by atoms with Crippen molar-refractivity contribution in [2.75, 3.05) is 5.32 Å². The minimum absolute atomic E-state index is 0.159. The molecule has 1 N–H and O–H groups in total. The number of anilines is 1. The molecule has 0 atom stereocenters. The van der Waals surface area contributed by atoms with E-state index in [9.17, 15) is 18.0 Å². The van der Waals surface area contributed by atoms with Crippen molar-refractivity contribution in [1.82, 2.24) is 4.98 Å². The van der Waals surface area contributed by atoms with E-state index in [-0.39, 0.29) is 5.01 Å². The lowest BCUT2D eigenvalue weighted by Crippen LogP contribution is -2.17. The van der Waals surface area contributed by atoms with Crippen molar-refractivity contribution in [1.29, 1.82) is 0 Å². The minimum atomic E-state index is -4.71. The average Bonchev–Trinajstić information content (AvgIpc) is 3.09. The van der Waals surface area contributed by atoms with E-state index in [0.717, 1.165) is 16.9 Å². The van der Waals surface area contributed by atoms with Crippen LogP contribution in [0.15, 0.2) is 54.6 Å². The van der Waals surface area contributed by atoms with Gasteiger partial charge in [-0.15, -0.1) is 11.3 Å². The molecule has 0 aliphatic heterocycles. The molecule has 0 aliphatic rings. The third-order valence-electron chi connectivity index (χ3n) is 3.77. The Labute approximate surface area is 152 Å². The van der Waals surface area contributed by atoms with E-state index in [4.69, 9.17) is 0 Å². The van der Waals surface area contributed by atoms with E-state index >= 15 is 0 Å². The molecule has 0 fully saturated rings. The van der Waals surface area contributed by atoms with Crippen LogP contribution in [0.25, 0.3) is 10.6 Å². The number of nitrogens with zero attached hydrogens (tertiary/aromatic N) is 1. The molecule has 0 unspecified atom stereocenters. The van der Waals surface area contributed by atoms with Gasteiger partial charge in [0.15, 0.2) is 5.69 Å². The fraction of sp³-hybridized carbons (Fsp3) is 0.158. The van der Waals surface area contributed by atoms with Gasteiger partial charge in [0.25, 0.3) is 5.91 Å². The second-order valence-electron chi connectivity index (χ2n) is 5.53. The lowest BCUT2D eigenvalue weighted by atomic mass is 10.1. The number of aromatic nitrogens is 1.